The van der Waals surface area contributed by atoms with Crippen LogP contribution in [-0.4, -0.2) is 9.97 Å². The Hall–Kier alpha value is -5.38. The van der Waals surface area contributed by atoms with Crippen molar-refractivity contribution in [2.45, 2.75) is 6.92 Å². The molecule has 0 bridgehead atoms. The molecule has 206 valence electrons. The molecular formula is C41H26N2S. The normalized spacial score (nSPS) is 11.8. The van der Waals surface area contributed by atoms with Crippen LogP contribution in [0.5, 0.6) is 0 Å². The average Bonchev–Trinajstić information content (AvgIpc) is 3.47. The van der Waals surface area contributed by atoms with E-state index >= 15 is 0 Å². The Balaban J connectivity index is 1.22. The molecule has 0 N–H and O–H groups in total. The first-order chi connectivity index (χ1) is 21.7. The molecular weight excluding hydrogens is 553 g/mol. The van der Waals surface area contributed by atoms with Crippen molar-refractivity contribution in [2.75, 3.05) is 0 Å². The number of rotatable bonds is 3. The summed E-state index contributed by atoms with van der Waals surface area (Å²) in [6, 6.07) is 48.4. The number of hydrogen-bond acceptors (Lipinski definition) is 3. The van der Waals surface area contributed by atoms with Crippen molar-refractivity contribution < 1.29 is 0 Å². The molecule has 0 radical (unpaired) electrons. The zero-order chi connectivity index (χ0) is 29.2. The maximum atomic E-state index is 4.90. The van der Waals surface area contributed by atoms with Crippen molar-refractivity contribution in [3.8, 4) is 33.5 Å². The molecule has 0 saturated heterocycles. The van der Waals surface area contributed by atoms with Crippen LogP contribution in [0, 0.1) is 6.92 Å². The molecule has 0 amide bonds. The van der Waals surface area contributed by atoms with E-state index < -0.39 is 0 Å². The van der Waals surface area contributed by atoms with Crippen LogP contribution in [0.15, 0.2) is 140 Å². The lowest BCUT2D eigenvalue weighted by Crippen LogP contribution is -1.93. The molecule has 2 nitrogen and oxygen atoms in total. The van der Waals surface area contributed by atoms with Gasteiger partial charge in [0, 0.05) is 36.5 Å². The smallest absolute Gasteiger partial charge is 0.116 e. The second-order valence-electron chi connectivity index (χ2n) is 11.5. The summed E-state index contributed by atoms with van der Waals surface area (Å²) in [5, 5.41) is 8.55. The third-order valence-corrected chi connectivity index (χ3v) is 10.0. The van der Waals surface area contributed by atoms with E-state index in [1.807, 2.05) is 11.3 Å². The van der Waals surface area contributed by atoms with Crippen molar-refractivity contribution in [1.82, 2.24) is 9.97 Å². The molecule has 2 heterocycles. The Kier molecular flexibility index (Phi) is 5.62. The van der Waals surface area contributed by atoms with E-state index in [1.54, 1.807) is 6.33 Å². The van der Waals surface area contributed by atoms with E-state index in [0.29, 0.717) is 0 Å². The summed E-state index contributed by atoms with van der Waals surface area (Å²) < 4.78 is 2.66. The van der Waals surface area contributed by atoms with Crippen LogP contribution >= 0.6 is 11.3 Å². The molecule has 9 rings (SSSR count). The highest BCUT2D eigenvalue weighted by atomic mass is 32.1. The monoisotopic (exact) mass is 578 g/mol. The van der Waals surface area contributed by atoms with Gasteiger partial charge in [0.25, 0.3) is 0 Å². The lowest BCUT2D eigenvalue weighted by atomic mass is 9.92. The van der Waals surface area contributed by atoms with Crippen LogP contribution in [0.2, 0.25) is 0 Å². The number of aryl methyl sites for hydroxylation is 1. The van der Waals surface area contributed by atoms with E-state index in [-0.39, 0.29) is 0 Å². The summed E-state index contributed by atoms with van der Waals surface area (Å²) >= 11 is 1.87. The van der Waals surface area contributed by atoms with Gasteiger partial charge in [-0.25, -0.2) is 9.97 Å². The minimum atomic E-state index is 0.960. The predicted octanol–water partition coefficient (Wildman–Crippen LogP) is 11.6. The Labute approximate surface area is 258 Å². The average molecular weight is 579 g/mol. The van der Waals surface area contributed by atoms with Crippen molar-refractivity contribution in [3.05, 3.63) is 145 Å². The Morgan fingerprint density at radius 3 is 2.02 bits per heavy atom. The summed E-state index contributed by atoms with van der Waals surface area (Å²) in [4.78, 5) is 9.73. The molecule has 0 aliphatic carbocycles. The van der Waals surface area contributed by atoms with E-state index in [0.717, 1.165) is 27.5 Å². The van der Waals surface area contributed by atoms with Gasteiger partial charge in [0.05, 0.1) is 11.2 Å². The molecule has 7 aromatic carbocycles. The van der Waals surface area contributed by atoms with Crippen LogP contribution in [0.1, 0.15) is 5.56 Å². The summed E-state index contributed by atoms with van der Waals surface area (Å²) in [7, 11) is 0. The fourth-order valence-corrected chi connectivity index (χ4v) is 8.01. The molecule has 44 heavy (non-hydrogen) atoms. The molecule has 0 spiro atoms. The zero-order valence-electron chi connectivity index (χ0n) is 24.1. The van der Waals surface area contributed by atoms with Gasteiger partial charge in [0.1, 0.15) is 6.33 Å². The largest absolute Gasteiger partial charge is 0.236 e. The van der Waals surface area contributed by atoms with E-state index in [1.165, 1.54) is 64.1 Å². The van der Waals surface area contributed by atoms with E-state index in [2.05, 4.69) is 140 Å². The second-order valence-corrected chi connectivity index (χ2v) is 12.5. The third-order valence-electron chi connectivity index (χ3n) is 8.81. The first-order valence-corrected chi connectivity index (χ1v) is 15.7. The van der Waals surface area contributed by atoms with Crippen LogP contribution in [0.4, 0.5) is 0 Å². The van der Waals surface area contributed by atoms with Gasteiger partial charge in [-0.2, -0.15) is 0 Å². The van der Waals surface area contributed by atoms with Gasteiger partial charge in [0.15, 0.2) is 0 Å². The first kappa shape index (κ1) is 25.1. The van der Waals surface area contributed by atoms with Crippen molar-refractivity contribution in [3.63, 3.8) is 0 Å². The molecule has 3 heteroatoms. The number of thiophene rings is 1. The summed E-state index contributed by atoms with van der Waals surface area (Å²) in [5.41, 5.74) is 9.14. The lowest BCUT2D eigenvalue weighted by molar-refractivity contribution is 1.23. The summed E-state index contributed by atoms with van der Waals surface area (Å²) in [5.74, 6) is 0. The van der Waals surface area contributed by atoms with Gasteiger partial charge in [-0.05, 0) is 63.5 Å². The molecule has 0 saturated carbocycles. The second kappa shape index (κ2) is 9.84. The molecule has 0 aliphatic rings. The highest BCUT2D eigenvalue weighted by Gasteiger charge is 2.16. The summed E-state index contributed by atoms with van der Waals surface area (Å²) in [6.45, 7) is 2.15. The number of aromatic nitrogens is 2. The molecule has 0 aliphatic heterocycles. The zero-order valence-corrected chi connectivity index (χ0v) is 24.9. The Morgan fingerprint density at radius 2 is 1.16 bits per heavy atom. The fourth-order valence-electron chi connectivity index (χ4n) is 6.77. The topological polar surface area (TPSA) is 25.8 Å². The molecule has 0 fully saturated rings. The minimum absolute atomic E-state index is 0.960. The van der Waals surface area contributed by atoms with Gasteiger partial charge < -0.3 is 0 Å². The molecule has 0 unspecified atom stereocenters. The minimum Gasteiger partial charge on any atom is -0.236 e. The van der Waals surface area contributed by atoms with E-state index in [4.69, 9.17) is 9.97 Å². The van der Waals surface area contributed by atoms with Gasteiger partial charge >= 0.3 is 0 Å². The van der Waals surface area contributed by atoms with Gasteiger partial charge in [-0.15, -0.1) is 11.3 Å². The highest BCUT2D eigenvalue weighted by molar-refractivity contribution is 7.26. The fraction of sp³-hybridized carbons (Fsp3) is 0.0244. The van der Waals surface area contributed by atoms with Crippen LogP contribution in [0.25, 0.3) is 86.1 Å². The highest BCUT2D eigenvalue weighted by Crippen LogP contribution is 2.42. The Bertz CT molecular complexity index is 2550. The van der Waals surface area contributed by atoms with Crippen molar-refractivity contribution in [1.29, 1.82) is 0 Å². The molecule has 0 atom stereocenters. The lowest BCUT2D eigenvalue weighted by Gasteiger charge is -2.14. The van der Waals surface area contributed by atoms with Crippen LogP contribution in [0.3, 0.4) is 0 Å². The Morgan fingerprint density at radius 1 is 0.477 bits per heavy atom. The van der Waals surface area contributed by atoms with Gasteiger partial charge in [0.2, 0.25) is 0 Å². The van der Waals surface area contributed by atoms with Crippen LogP contribution in [-0.2, 0) is 0 Å². The van der Waals surface area contributed by atoms with Crippen molar-refractivity contribution in [2.24, 2.45) is 0 Å². The number of hydrogen-bond donors (Lipinski definition) is 0. The maximum Gasteiger partial charge on any atom is 0.116 e. The SMILES string of the molecule is Cc1ccc2c(c1)c1ccccc1c1c(-c3cccc(-c4cccc(-c5cccc6c5sc5ccccc56)c4)c3)ncnc21. The van der Waals surface area contributed by atoms with Gasteiger partial charge in [-0.1, -0.05) is 121 Å². The number of fused-ring (bicyclic) bond motifs is 9. The maximum absolute atomic E-state index is 4.90. The molecule has 9 aromatic rings. The first-order valence-electron chi connectivity index (χ1n) is 14.9. The van der Waals surface area contributed by atoms with E-state index in [9.17, 15) is 0 Å². The summed E-state index contributed by atoms with van der Waals surface area (Å²) in [6.07, 6.45) is 1.71. The molecule has 2 aromatic heterocycles. The number of nitrogens with zero attached hydrogens (tertiary/aromatic N) is 2. The standard InChI is InChI=1S/C41H26N2S/c1-25-19-20-34-36(21-25)31-13-2-3-15-33(31)38-39(42-24-43-40(34)38)29-12-7-10-27(23-29)26-9-6-11-28(22-26)30-16-8-17-35-32-14-4-5-18-37(32)44-41(30)35/h2-24H,1H3. The quantitative estimate of drug-likeness (QED) is 0.195. The van der Waals surface area contributed by atoms with Gasteiger partial charge in [-0.3, -0.25) is 0 Å². The third kappa shape index (κ3) is 3.87. The predicted molar refractivity (Wildman–Crippen MR) is 188 cm³/mol. The van der Waals surface area contributed by atoms with Crippen molar-refractivity contribution >= 4 is 64.0 Å². The van der Waals surface area contributed by atoms with Crippen LogP contribution < -0.4 is 0 Å². The number of benzene rings is 7.